The lowest BCUT2D eigenvalue weighted by Crippen LogP contribution is -2.26. The molecule has 1 heterocycles. The molecule has 0 aliphatic carbocycles. The van der Waals surface area contributed by atoms with Gasteiger partial charge in [0.1, 0.15) is 12.2 Å². The van der Waals surface area contributed by atoms with Crippen LogP contribution in [0.15, 0.2) is 10.9 Å². The molecule has 0 aliphatic heterocycles. The second-order valence-electron chi connectivity index (χ2n) is 3.04. The summed E-state index contributed by atoms with van der Waals surface area (Å²) in [6, 6.07) is 0.717. The van der Waals surface area contributed by atoms with Gasteiger partial charge in [0.2, 0.25) is 5.75 Å². The highest BCUT2D eigenvalue weighted by molar-refractivity contribution is 5.92. The highest BCUT2D eigenvalue weighted by Gasteiger charge is 2.35. The van der Waals surface area contributed by atoms with E-state index >= 15 is 0 Å². The van der Waals surface area contributed by atoms with Crippen molar-refractivity contribution in [3.63, 3.8) is 0 Å². The van der Waals surface area contributed by atoms with E-state index in [1.807, 2.05) is 0 Å². The highest BCUT2D eigenvalue weighted by atomic mass is 19.4. The number of nitrogens with one attached hydrogen (secondary N) is 1. The van der Waals surface area contributed by atoms with E-state index in [1.54, 1.807) is 4.98 Å². The minimum absolute atomic E-state index is 0.366. The van der Waals surface area contributed by atoms with Crippen molar-refractivity contribution in [1.82, 2.24) is 4.98 Å². The van der Waals surface area contributed by atoms with Gasteiger partial charge in [0.05, 0.1) is 12.8 Å². The maximum atomic E-state index is 12.3. The summed E-state index contributed by atoms with van der Waals surface area (Å²) in [5.41, 5.74) is -2.54. The Bertz CT molecular complexity index is 508. The minimum atomic E-state index is -5.16. The smallest absolute Gasteiger partial charge is 0.465 e. The normalized spacial score (nSPS) is 11.2. The SMILES string of the molecule is COC(=O)c1cc(CF)[nH]c(=O)c1OC(F)(F)F. The first-order valence-corrected chi connectivity index (χ1v) is 4.44. The van der Waals surface area contributed by atoms with Crippen molar-refractivity contribution in [2.45, 2.75) is 13.0 Å². The van der Waals surface area contributed by atoms with Gasteiger partial charge in [-0.1, -0.05) is 0 Å². The molecule has 1 rings (SSSR count). The Morgan fingerprint density at radius 2 is 2.06 bits per heavy atom. The molecule has 18 heavy (non-hydrogen) atoms. The molecule has 0 spiro atoms. The van der Waals surface area contributed by atoms with Crippen LogP contribution >= 0.6 is 0 Å². The average molecular weight is 269 g/mol. The molecule has 1 aromatic rings. The monoisotopic (exact) mass is 269 g/mol. The Kier molecular flexibility index (Phi) is 3.94. The number of carbonyl (C=O) groups is 1. The van der Waals surface area contributed by atoms with E-state index in [4.69, 9.17) is 0 Å². The van der Waals surface area contributed by atoms with Crippen LogP contribution in [-0.2, 0) is 11.4 Å². The molecule has 0 saturated heterocycles. The molecule has 0 saturated carbocycles. The Morgan fingerprint density at radius 3 is 2.50 bits per heavy atom. The number of aromatic nitrogens is 1. The van der Waals surface area contributed by atoms with Crippen molar-refractivity contribution in [1.29, 1.82) is 0 Å². The van der Waals surface area contributed by atoms with Gasteiger partial charge in [-0.3, -0.25) is 4.79 Å². The number of rotatable bonds is 3. The predicted octanol–water partition coefficient (Wildman–Crippen LogP) is 1.53. The summed E-state index contributed by atoms with van der Waals surface area (Å²) >= 11 is 0. The second-order valence-corrected chi connectivity index (χ2v) is 3.04. The first-order valence-electron chi connectivity index (χ1n) is 4.44. The zero-order valence-electron chi connectivity index (χ0n) is 8.93. The molecular weight excluding hydrogens is 262 g/mol. The van der Waals surface area contributed by atoms with Crippen LogP contribution in [0.1, 0.15) is 16.1 Å². The molecule has 0 fully saturated rings. The molecule has 0 unspecified atom stereocenters. The maximum absolute atomic E-state index is 12.3. The third-order valence-electron chi connectivity index (χ3n) is 1.81. The first-order chi connectivity index (χ1) is 8.28. The summed E-state index contributed by atoms with van der Waals surface area (Å²) < 4.78 is 56.1. The number of H-pyrrole nitrogens is 1. The number of hydrogen-bond acceptors (Lipinski definition) is 4. The van der Waals surface area contributed by atoms with Gasteiger partial charge in [-0.25, -0.2) is 9.18 Å². The Hall–Kier alpha value is -2.06. The van der Waals surface area contributed by atoms with Gasteiger partial charge in [-0.05, 0) is 6.07 Å². The van der Waals surface area contributed by atoms with Gasteiger partial charge in [0, 0.05) is 0 Å². The van der Waals surface area contributed by atoms with Crippen LogP contribution in [0.4, 0.5) is 17.6 Å². The largest absolute Gasteiger partial charge is 0.573 e. The molecule has 5 nitrogen and oxygen atoms in total. The van der Waals surface area contributed by atoms with E-state index in [1.165, 1.54) is 0 Å². The topological polar surface area (TPSA) is 68.4 Å². The van der Waals surface area contributed by atoms with Crippen LogP contribution in [0.25, 0.3) is 0 Å². The van der Waals surface area contributed by atoms with Crippen LogP contribution < -0.4 is 10.3 Å². The first kappa shape index (κ1) is 14.0. The van der Waals surface area contributed by atoms with Crippen molar-refractivity contribution in [2.24, 2.45) is 0 Å². The van der Waals surface area contributed by atoms with E-state index < -0.39 is 35.9 Å². The Morgan fingerprint density at radius 1 is 1.44 bits per heavy atom. The molecule has 0 aliphatic rings. The van der Waals surface area contributed by atoms with E-state index in [0.29, 0.717) is 6.07 Å². The van der Waals surface area contributed by atoms with Crippen LogP contribution in [0.3, 0.4) is 0 Å². The fourth-order valence-electron chi connectivity index (χ4n) is 1.15. The maximum Gasteiger partial charge on any atom is 0.573 e. The number of esters is 1. The van der Waals surface area contributed by atoms with Gasteiger partial charge >= 0.3 is 12.3 Å². The van der Waals surface area contributed by atoms with Gasteiger partial charge in [-0.2, -0.15) is 0 Å². The Balaban J connectivity index is 3.38. The van der Waals surface area contributed by atoms with Gasteiger partial charge < -0.3 is 14.5 Å². The lowest BCUT2D eigenvalue weighted by molar-refractivity contribution is -0.275. The quantitative estimate of drug-likeness (QED) is 0.667. The summed E-state index contributed by atoms with van der Waals surface area (Å²) in [5.74, 6) is -2.53. The molecule has 0 aromatic carbocycles. The standard InChI is InChI=1S/C9H7F4NO4/c1-17-8(16)5-2-4(3-10)14-7(15)6(5)18-9(11,12)13/h2H,3H2,1H3,(H,14,15). The van der Waals surface area contributed by atoms with Gasteiger partial charge in [0.25, 0.3) is 5.56 Å². The number of hydrogen-bond donors (Lipinski definition) is 1. The van der Waals surface area contributed by atoms with Crippen molar-refractivity contribution in [2.75, 3.05) is 7.11 Å². The summed E-state index contributed by atoms with van der Waals surface area (Å²) in [4.78, 5) is 24.3. The molecule has 0 atom stereocenters. The molecule has 100 valence electrons. The number of pyridine rings is 1. The molecular formula is C9H7F4NO4. The third kappa shape index (κ3) is 3.22. The summed E-state index contributed by atoms with van der Waals surface area (Å²) in [5, 5.41) is 0. The van der Waals surface area contributed by atoms with Gasteiger partial charge in [0.15, 0.2) is 0 Å². The molecule has 0 bridgehead atoms. The van der Waals surface area contributed by atoms with Crippen LogP contribution in [-0.4, -0.2) is 24.4 Å². The second kappa shape index (κ2) is 5.07. The predicted molar refractivity (Wildman–Crippen MR) is 49.9 cm³/mol. The number of aromatic amines is 1. The molecule has 0 amide bonds. The summed E-state index contributed by atoms with van der Waals surface area (Å²) in [6.45, 7) is -1.16. The van der Waals surface area contributed by atoms with Crippen LogP contribution in [0, 0.1) is 0 Å². The lowest BCUT2D eigenvalue weighted by atomic mass is 10.2. The number of alkyl halides is 4. The zero-order valence-corrected chi connectivity index (χ0v) is 8.93. The highest BCUT2D eigenvalue weighted by Crippen LogP contribution is 2.24. The molecule has 1 aromatic heterocycles. The number of methoxy groups -OCH3 is 1. The van der Waals surface area contributed by atoms with Crippen molar-refractivity contribution < 1.29 is 31.8 Å². The van der Waals surface area contributed by atoms with E-state index in [9.17, 15) is 27.2 Å². The summed E-state index contributed by atoms with van der Waals surface area (Å²) in [6.07, 6.45) is -5.16. The fourth-order valence-corrected chi connectivity index (χ4v) is 1.15. The number of ether oxygens (including phenoxy) is 2. The Labute approximate surface area is 97.3 Å². The van der Waals surface area contributed by atoms with E-state index in [-0.39, 0.29) is 5.69 Å². The van der Waals surface area contributed by atoms with Crippen molar-refractivity contribution >= 4 is 5.97 Å². The molecule has 0 radical (unpaired) electrons. The lowest BCUT2D eigenvalue weighted by Gasteiger charge is -2.11. The summed E-state index contributed by atoms with van der Waals surface area (Å²) in [7, 11) is 0.899. The third-order valence-corrected chi connectivity index (χ3v) is 1.81. The fraction of sp³-hybridized carbons (Fsp3) is 0.333. The van der Waals surface area contributed by atoms with Crippen molar-refractivity contribution in [3.8, 4) is 5.75 Å². The number of halogens is 4. The zero-order chi connectivity index (χ0) is 13.9. The van der Waals surface area contributed by atoms with E-state index in [2.05, 4.69) is 9.47 Å². The van der Waals surface area contributed by atoms with Crippen LogP contribution in [0.2, 0.25) is 0 Å². The molecule has 9 heteroatoms. The average Bonchev–Trinajstić information content (AvgIpc) is 2.28. The van der Waals surface area contributed by atoms with Crippen LogP contribution in [0.5, 0.6) is 5.75 Å². The van der Waals surface area contributed by atoms with Gasteiger partial charge in [-0.15, -0.1) is 13.2 Å². The van der Waals surface area contributed by atoms with E-state index in [0.717, 1.165) is 7.11 Å². The number of carbonyl (C=O) groups excluding carboxylic acids is 1. The minimum Gasteiger partial charge on any atom is -0.465 e. The van der Waals surface area contributed by atoms with Crippen molar-refractivity contribution in [3.05, 3.63) is 27.7 Å². The molecule has 1 N–H and O–H groups in total.